The molecule has 1 aromatic heterocycles. The normalized spacial score (nSPS) is 11.8. The zero-order chi connectivity index (χ0) is 18.3. The van der Waals surface area contributed by atoms with E-state index < -0.39 is 11.7 Å². The molecule has 2 aromatic rings. The number of guanidine groups is 1. The molecule has 0 unspecified atom stereocenters. The van der Waals surface area contributed by atoms with Gasteiger partial charge in [0.1, 0.15) is 0 Å². The molecule has 0 bridgehead atoms. The fourth-order valence-corrected chi connectivity index (χ4v) is 2.24. The molecule has 1 heterocycles. The zero-order valence-corrected chi connectivity index (χ0v) is 17.0. The topological polar surface area (TPSA) is 54.2 Å². The average molecular weight is 481 g/mol. The first-order chi connectivity index (χ1) is 11.9. The van der Waals surface area contributed by atoms with Gasteiger partial charge in [-0.2, -0.15) is 18.3 Å². The van der Waals surface area contributed by atoms with E-state index in [9.17, 15) is 13.2 Å². The van der Waals surface area contributed by atoms with E-state index in [1.54, 1.807) is 10.9 Å². The maximum atomic E-state index is 12.5. The largest absolute Gasteiger partial charge is 0.416 e. The van der Waals surface area contributed by atoms with Gasteiger partial charge in [0.2, 0.25) is 0 Å². The summed E-state index contributed by atoms with van der Waals surface area (Å²) in [5, 5.41) is 10.4. The van der Waals surface area contributed by atoms with Crippen molar-refractivity contribution in [3.63, 3.8) is 0 Å². The van der Waals surface area contributed by atoms with E-state index in [-0.39, 0.29) is 24.0 Å². The molecule has 0 aliphatic carbocycles. The van der Waals surface area contributed by atoms with Crippen molar-refractivity contribution in [3.8, 4) is 0 Å². The molecule has 0 saturated heterocycles. The predicted molar refractivity (Wildman–Crippen MR) is 107 cm³/mol. The van der Waals surface area contributed by atoms with Gasteiger partial charge in [0, 0.05) is 26.3 Å². The van der Waals surface area contributed by atoms with Gasteiger partial charge in [-0.05, 0) is 37.1 Å². The Bertz CT molecular complexity index is 695. The molecule has 0 atom stereocenters. The third kappa shape index (κ3) is 6.85. The van der Waals surface area contributed by atoms with Gasteiger partial charge in [0.15, 0.2) is 5.96 Å². The minimum absolute atomic E-state index is 0. The Morgan fingerprint density at radius 3 is 2.38 bits per heavy atom. The van der Waals surface area contributed by atoms with Gasteiger partial charge in [0.05, 0.1) is 17.8 Å². The van der Waals surface area contributed by atoms with E-state index in [2.05, 4.69) is 20.7 Å². The smallest absolute Gasteiger partial charge is 0.357 e. The number of halogens is 4. The van der Waals surface area contributed by atoms with Gasteiger partial charge in [-0.25, -0.2) is 4.99 Å². The minimum atomic E-state index is -4.30. The average Bonchev–Trinajstić information content (AvgIpc) is 2.97. The maximum Gasteiger partial charge on any atom is 0.416 e. The highest BCUT2D eigenvalue weighted by Crippen LogP contribution is 2.29. The van der Waals surface area contributed by atoms with E-state index in [4.69, 9.17) is 0 Å². The summed E-state index contributed by atoms with van der Waals surface area (Å²) in [6, 6.07) is 7.12. The van der Waals surface area contributed by atoms with Crippen molar-refractivity contribution in [2.24, 2.45) is 12.0 Å². The number of aryl methyl sites for hydroxylation is 1. The molecule has 0 spiro atoms. The monoisotopic (exact) mass is 481 g/mol. The first kappa shape index (κ1) is 22.3. The van der Waals surface area contributed by atoms with Crippen molar-refractivity contribution < 1.29 is 13.2 Å². The molecule has 0 saturated carbocycles. The maximum absolute atomic E-state index is 12.5. The number of alkyl halides is 3. The van der Waals surface area contributed by atoms with Crippen molar-refractivity contribution in [2.75, 3.05) is 13.1 Å². The lowest BCUT2D eigenvalue weighted by Gasteiger charge is -2.12. The number of aliphatic imine (C=N–C) groups is 1. The molecule has 2 rings (SSSR count). The number of hydrogen-bond donors (Lipinski definition) is 2. The van der Waals surface area contributed by atoms with E-state index >= 15 is 0 Å². The van der Waals surface area contributed by atoms with Crippen LogP contribution in [-0.4, -0.2) is 28.8 Å². The van der Waals surface area contributed by atoms with E-state index in [0.29, 0.717) is 25.5 Å². The molecule has 1 aromatic carbocycles. The molecule has 0 fully saturated rings. The van der Waals surface area contributed by atoms with Crippen LogP contribution < -0.4 is 10.6 Å². The molecule has 5 nitrogen and oxygen atoms in total. The van der Waals surface area contributed by atoms with Crippen LogP contribution in [0.1, 0.15) is 23.7 Å². The quantitative estimate of drug-likeness (QED) is 0.378. The van der Waals surface area contributed by atoms with Gasteiger partial charge < -0.3 is 10.6 Å². The molecule has 0 aliphatic rings. The zero-order valence-electron chi connectivity index (χ0n) is 14.7. The van der Waals surface area contributed by atoms with Crippen molar-refractivity contribution >= 4 is 29.9 Å². The Morgan fingerprint density at radius 1 is 1.15 bits per heavy atom. The van der Waals surface area contributed by atoms with E-state index in [1.807, 2.05) is 20.0 Å². The summed E-state index contributed by atoms with van der Waals surface area (Å²) in [4.78, 5) is 4.48. The number of rotatable bonds is 6. The Kier molecular flexibility index (Phi) is 8.89. The molecule has 0 radical (unpaired) electrons. The van der Waals surface area contributed by atoms with Gasteiger partial charge in [0.25, 0.3) is 0 Å². The lowest BCUT2D eigenvalue weighted by molar-refractivity contribution is -0.137. The van der Waals surface area contributed by atoms with Gasteiger partial charge in [-0.15, -0.1) is 24.0 Å². The van der Waals surface area contributed by atoms with Crippen LogP contribution in [-0.2, 0) is 26.2 Å². The number of aromatic nitrogens is 2. The van der Waals surface area contributed by atoms with Crippen LogP contribution in [0.2, 0.25) is 0 Å². The number of hydrogen-bond acceptors (Lipinski definition) is 2. The second-order valence-electron chi connectivity index (χ2n) is 5.51. The lowest BCUT2D eigenvalue weighted by atomic mass is 10.1. The minimum Gasteiger partial charge on any atom is -0.357 e. The van der Waals surface area contributed by atoms with Crippen molar-refractivity contribution in [1.29, 1.82) is 0 Å². The summed E-state index contributed by atoms with van der Waals surface area (Å²) < 4.78 is 39.4. The van der Waals surface area contributed by atoms with Gasteiger partial charge >= 0.3 is 6.18 Å². The van der Waals surface area contributed by atoms with Crippen LogP contribution in [0.4, 0.5) is 13.2 Å². The van der Waals surface area contributed by atoms with Gasteiger partial charge in [-0.3, -0.25) is 4.68 Å². The van der Waals surface area contributed by atoms with Crippen LogP contribution in [0.3, 0.4) is 0 Å². The predicted octanol–water partition coefficient (Wildman–Crippen LogP) is 3.35. The second-order valence-corrected chi connectivity index (χ2v) is 5.51. The Morgan fingerprint density at radius 2 is 1.85 bits per heavy atom. The standard InChI is InChI=1S/C17H22F3N5.HI/c1-3-21-16(23-12-15-9-11-24-25(15)2)22-10-8-13-4-6-14(7-5-13)17(18,19)20;/h4-7,9,11H,3,8,10,12H2,1-2H3,(H2,21,22,23);1H. The molecular formula is C17H23F3IN5. The van der Waals surface area contributed by atoms with Crippen molar-refractivity contribution in [3.05, 3.63) is 53.3 Å². The molecular weight excluding hydrogens is 458 g/mol. The second kappa shape index (κ2) is 10.4. The molecule has 0 amide bonds. The Balaban J connectivity index is 0.00000338. The number of benzene rings is 1. The van der Waals surface area contributed by atoms with Gasteiger partial charge in [-0.1, -0.05) is 12.1 Å². The highest BCUT2D eigenvalue weighted by atomic mass is 127. The fraction of sp³-hybridized carbons (Fsp3) is 0.412. The summed E-state index contributed by atoms with van der Waals surface area (Å²) in [5.41, 5.74) is 1.19. The Hall–Kier alpha value is -1.78. The first-order valence-electron chi connectivity index (χ1n) is 8.05. The van der Waals surface area contributed by atoms with Crippen molar-refractivity contribution in [1.82, 2.24) is 20.4 Å². The van der Waals surface area contributed by atoms with Crippen LogP contribution in [0, 0.1) is 0 Å². The summed E-state index contributed by atoms with van der Waals surface area (Å²) in [5.74, 6) is 0.663. The summed E-state index contributed by atoms with van der Waals surface area (Å²) >= 11 is 0. The molecule has 0 aliphatic heterocycles. The van der Waals surface area contributed by atoms with Crippen LogP contribution in [0.5, 0.6) is 0 Å². The molecule has 9 heteroatoms. The summed E-state index contributed by atoms with van der Waals surface area (Å²) in [7, 11) is 1.86. The number of nitrogens with zero attached hydrogens (tertiary/aromatic N) is 3. The lowest BCUT2D eigenvalue weighted by Crippen LogP contribution is -2.38. The summed E-state index contributed by atoms with van der Waals surface area (Å²) in [6.07, 6.45) is -1.97. The SMILES string of the molecule is CCNC(=NCc1ccnn1C)NCCc1ccc(C(F)(F)F)cc1.I. The Labute approximate surface area is 168 Å². The van der Waals surface area contributed by atoms with Crippen LogP contribution >= 0.6 is 24.0 Å². The van der Waals surface area contributed by atoms with Crippen LogP contribution in [0.15, 0.2) is 41.5 Å². The molecule has 2 N–H and O–H groups in total. The highest BCUT2D eigenvalue weighted by Gasteiger charge is 2.29. The molecule has 26 heavy (non-hydrogen) atoms. The van der Waals surface area contributed by atoms with Crippen LogP contribution in [0.25, 0.3) is 0 Å². The number of nitrogens with one attached hydrogen (secondary N) is 2. The summed E-state index contributed by atoms with van der Waals surface area (Å²) in [6.45, 7) is 3.75. The first-order valence-corrected chi connectivity index (χ1v) is 8.05. The van der Waals surface area contributed by atoms with Crippen molar-refractivity contribution in [2.45, 2.75) is 26.1 Å². The molecule has 144 valence electrons. The van der Waals surface area contributed by atoms with E-state index in [1.165, 1.54) is 12.1 Å². The van der Waals surface area contributed by atoms with E-state index in [0.717, 1.165) is 29.9 Å². The highest BCUT2D eigenvalue weighted by molar-refractivity contribution is 14.0. The fourth-order valence-electron chi connectivity index (χ4n) is 2.24. The third-order valence-corrected chi connectivity index (χ3v) is 3.65. The third-order valence-electron chi connectivity index (χ3n) is 3.65.